The van der Waals surface area contributed by atoms with Gasteiger partial charge in [-0.3, -0.25) is 0 Å². The molecule has 0 spiro atoms. The van der Waals surface area contributed by atoms with Crippen LogP contribution in [0.4, 0.5) is 0 Å². The van der Waals surface area contributed by atoms with E-state index in [1.54, 1.807) is 0 Å². The summed E-state index contributed by atoms with van der Waals surface area (Å²) in [4.78, 5) is 0. The van der Waals surface area contributed by atoms with E-state index >= 15 is 0 Å². The maximum Gasteiger partial charge on any atom is 0.484 e. The Hall–Kier alpha value is -0.163. The average Bonchev–Trinajstić information content (AvgIpc) is 2.40. The minimum absolute atomic E-state index is 0.686. The van der Waals surface area contributed by atoms with E-state index in [1.807, 2.05) is 13.8 Å². The first-order valence-electron chi connectivity index (χ1n) is 7.36. The number of rotatable bonds is 10. The van der Waals surface area contributed by atoms with Crippen LogP contribution in [0.15, 0.2) is 12.2 Å². The zero-order chi connectivity index (χ0) is 13.1. The van der Waals surface area contributed by atoms with Gasteiger partial charge in [-0.1, -0.05) is 25.0 Å². The van der Waals surface area contributed by atoms with Crippen LogP contribution in [-0.4, -0.2) is 29.3 Å². The molecule has 0 aromatic rings. The minimum atomic E-state index is -1.82. The summed E-state index contributed by atoms with van der Waals surface area (Å²) in [5, 5.41) is 0. The quantitative estimate of drug-likeness (QED) is 0.347. The highest BCUT2D eigenvalue weighted by atomic mass is 28.3. The van der Waals surface area contributed by atoms with Gasteiger partial charge in [0, 0.05) is 19.8 Å². The Morgan fingerprint density at radius 1 is 1.06 bits per heavy atom. The van der Waals surface area contributed by atoms with Crippen molar-refractivity contribution < 1.29 is 13.3 Å². The van der Waals surface area contributed by atoms with Crippen LogP contribution >= 0.6 is 0 Å². The van der Waals surface area contributed by atoms with E-state index in [0.29, 0.717) is 13.2 Å². The maximum atomic E-state index is 5.69. The van der Waals surface area contributed by atoms with Crippen molar-refractivity contribution in [3.05, 3.63) is 12.2 Å². The van der Waals surface area contributed by atoms with Gasteiger partial charge in [-0.05, 0) is 45.4 Å². The maximum absolute atomic E-state index is 5.69. The van der Waals surface area contributed by atoms with E-state index in [0.717, 1.165) is 18.9 Å². The van der Waals surface area contributed by atoms with Gasteiger partial charge in [0.25, 0.3) is 0 Å². The van der Waals surface area contributed by atoms with Gasteiger partial charge < -0.3 is 13.3 Å². The predicted molar refractivity (Wildman–Crippen MR) is 76.7 cm³/mol. The van der Waals surface area contributed by atoms with Crippen molar-refractivity contribution >= 4 is 9.53 Å². The third-order valence-corrected chi connectivity index (χ3v) is 4.96. The van der Waals surface area contributed by atoms with Gasteiger partial charge in [0.05, 0.1) is 0 Å². The molecule has 0 aliphatic heterocycles. The number of unbranched alkanes of at least 4 members (excludes halogenated alkanes) is 1. The van der Waals surface area contributed by atoms with E-state index in [9.17, 15) is 0 Å². The lowest BCUT2D eigenvalue weighted by Gasteiger charge is -2.18. The zero-order valence-electron chi connectivity index (χ0n) is 11.9. The Morgan fingerprint density at radius 3 is 2.44 bits per heavy atom. The van der Waals surface area contributed by atoms with Gasteiger partial charge in [0.15, 0.2) is 0 Å². The van der Waals surface area contributed by atoms with Crippen LogP contribution in [0.5, 0.6) is 0 Å². The summed E-state index contributed by atoms with van der Waals surface area (Å²) in [6, 6.07) is 0. The summed E-state index contributed by atoms with van der Waals surface area (Å²) in [5.41, 5.74) is 0. The normalized spacial score (nSPS) is 19.6. The molecule has 0 bridgehead atoms. The van der Waals surface area contributed by atoms with Crippen LogP contribution in [-0.2, 0) is 13.3 Å². The molecule has 0 heterocycles. The van der Waals surface area contributed by atoms with Crippen molar-refractivity contribution in [1.29, 1.82) is 0 Å². The van der Waals surface area contributed by atoms with Crippen LogP contribution < -0.4 is 0 Å². The SMILES string of the molecule is CCO[SiH](OCC)OCCCC[C@H]1CC=CCC1. The molecule has 4 heteroatoms. The highest BCUT2D eigenvalue weighted by molar-refractivity contribution is 6.36. The van der Waals surface area contributed by atoms with Gasteiger partial charge in [-0.15, -0.1) is 0 Å². The molecule has 106 valence electrons. The molecule has 3 nitrogen and oxygen atoms in total. The molecule has 0 N–H and O–H groups in total. The van der Waals surface area contributed by atoms with Crippen LogP contribution in [0, 0.1) is 5.92 Å². The molecule has 0 aromatic carbocycles. The van der Waals surface area contributed by atoms with E-state index in [1.165, 1.54) is 32.1 Å². The molecule has 0 saturated heterocycles. The number of hydrogen-bond donors (Lipinski definition) is 0. The Balaban J connectivity index is 1.97. The molecule has 1 aliphatic carbocycles. The summed E-state index contributed by atoms with van der Waals surface area (Å²) in [7, 11) is -1.82. The predicted octanol–water partition coefficient (Wildman–Crippen LogP) is 3.32. The summed E-state index contributed by atoms with van der Waals surface area (Å²) in [6.45, 7) is 6.13. The fourth-order valence-electron chi connectivity index (χ4n) is 2.25. The Kier molecular flexibility index (Phi) is 9.48. The highest BCUT2D eigenvalue weighted by Crippen LogP contribution is 2.23. The molecule has 0 unspecified atom stereocenters. The van der Waals surface area contributed by atoms with Crippen LogP contribution in [0.3, 0.4) is 0 Å². The molecule has 0 aromatic heterocycles. The smallest absolute Gasteiger partial charge is 0.376 e. The fourth-order valence-corrected chi connectivity index (χ4v) is 3.44. The highest BCUT2D eigenvalue weighted by Gasteiger charge is 2.13. The Labute approximate surface area is 113 Å². The Morgan fingerprint density at radius 2 is 1.83 bits per heavy atom. The largest absolute Gasteiger partial charge is 0.484 e. The van der Waals surface area contributed by atoms with Crippen molar-refractivity contribution in [1.82, 2.24) is 0 Å². The molecule has 1 rings (SSSR count). The third kappa shape index (κ3) is 7.31. The van der Waals surface area contributed by atoms with E-state index in [2.05, 4.69) is 12.2 Å². The van der Waals surface area contributed by atoms with Crippen molar-refractivity contribution in [2.75, 3.05) is 19.8 Å². The second kappa shape index (κ2) is 10.7. The first-order chi connectivity index (χ1) is 8.86. The first kappa shape index (κ1) is 15.9. The second-order valence-electron chi connectivity index (χ2n) is 4.72. The third-order valence-electron chi connectivity index (χ3n) is 3.24. The van der Waals surface area contributed by atoms with Crippen LogP contribution in [0.25, 0.3) is 0 Å². The molecule has 0 radical (unpaired) electrons. The lowest BCUT2D eigenvalue weighted by molar-refractivity contribution is 0.1000. The Bertz CT molecular complexity index is 215. The lowest BCUT2D eigenvalue weighted by Crippen LogP contribution is -2.27. The summed E-state index contributed by atoms with van der Waals surface area (Å²) in [5.74, 6) is 0.904. The van der Waals surface area contributed by atoms with E-state index < -0.39 is 9.53 Å². The topological polar surface area (TPSA) is 27.7 Å². The zero-order valence-corrected chi connectivity index (χ0v) is 13.1. The molecule has 1 atom stereocenters. The number of hydrogen-bond acceptors (Lipinski definition) is 3. The van der Waals surface area contributed by atoms with Gasteiger partial charge >= 0.3 is 9.53 Å². The standard InChI is InChI=1S/C14H28O3Si/c1-3-15-18(16-4-2)17-13-9-8-12-14-10-6-5-7-11-14/h5-6,14,18H,3-4,7-13H2,1-2H3/t14-/m0/s1. The fraction of sp³-hybridized carbons (Fsp3) is 0.857. The van der Waals surface area contributed by atoms with E-state index in [-0.39, 0.29) is 0 Å². The van der Waals surface area contributed by atoms with Crippen molar-refractivity contribution in [2.24, 2.45) is 5.92 Å². The van der Waals surface area contributed by atoms with Crippen molar-refractivity contribution in [3.63, 3.8) is 0 Å². The van der Waals surface area contributed by atoms with Gasteiger partial charge in [0.2, 0.25) is 0 Å². The van der Waals surface area contributed by atoms with Crippen molar-refractivity contribution in [2.45, 2.75) is 52.4 Å². The first-order valence-corrected chi connectivity index (χ1v) is 8.78. The molecule has 0 amide bonds. The monoisotopic (exact) mass is 272 g/mol. The van der Waals surface area contributed by atoms with Gasteiger partial charge in [-0.2, -0.15) is 0 Å². The van der Waals surface area contributed by atoms with Crippen LogP contribution in [0.1, 0.15) is 52.4 Å². The average molecular weight is 272 g/mol. The summed E-state index contributed by atoms with van der Waals surface area (Å²) >= 11 is 0. The van der Waals surface area contributed by atoms with E-state index in [4.69, 9.17) is 13.3 Å². The molecular weight excluding hydrogens is 244 g/mol. The summed E-state index contributed by atoms with van der Waals surface area (Å²) in [6.07, 6.45) is 12.3. The lowest BCUT2D eigenvalue weighted by atomic mass is 9.90. The minimum Gasteiger partial charge on any atom is -0.376 e. The van der Waals surface area contributed by atoms with Gasteiger partial charge in [-0.25, -0.2) is 0 Å². The van der Waals surface area contributed by atoms with Crippen molar-refractivity contribution in [3.8, 4) is 0 Å². The molecular formula is C14H28O3Si. The van der Waals surface area contributed by atoms with Crippen LogP contribution in [0.2, 0.25) is 0 Å². The molecule has 18 heavy (non-hydrogen) atoms. The summed E-state index contributed by atoms with van der Waals surface area (Å²) < 4.78 is 16.6. The second-order valence-corrected chi connectivity index (χ2v) is 6.29. The molecule has 0 fully saturated rings. The molecule has 1 aliphatic rings. The number of allylic oxidation sites excluding steroid dienone is 2. The van der Waals surface area contributed by atoms with Gasteiger partial charge in [0.1, 0.15) is 0 Å². The molecule has 0 saturated carbocycles.